The van der Waals surface area contributed by atoms with E-state index in [-0.39, 0.29) is 6.42 Å². The minimum atomic E-state index is -1.05. The standard InChI is InChI=1S/C11H16O4/c1-7-4-2-3-5-8(7)9(11(14)15)6-10(12)13/h9H,2-6H2,1H3,(H,12,13)(H,14,15). The number of hydrogen-bond acceptors (Lipinski definition) is 2. The van der Waals surface area contributed by atoms with Crippen molar-refractivity contribution in [2.24, 2.45) is 5.92 Å². The van der Waals surface area contributed by atoms with Crippen molar-refractivity contribution in [1.29, 1.82) is 0 Å². The minimum Gasteiger partial charge on any atom is -0.481 e. The second kappa shape index (κ2) is 4.96. The molecule has 2 N–H and O–H groups in total. The predicted molar refractivity (Wildman–Crippen MR) is 54.5 cm³/mol. The highest BCUT2D eigenvalue weighted by atomic mass is 16.4. The molecule has 0 saturated heterocycles. The quantitative estimate of drug-likeness (QED) is 0.699. The Bertz CT molecular complexity index is 304. The largest absolute Gasteiger partial charge is 0.481 e. The molecule has 1 unspecified atom stereocenters. The van der Waals surface area contributed by atoms with Crippen LogP contribution < -0.4 is 0 Å². The first kappa shape index (κ1) is 11.8. The van der Waals surface area contributed by atoms with Crippen LogP contribution in [0.4, 0.5) is 0 Å². The fraction of sp³-hybridized carbons (Fsp3) is 0.636. The molecule has 4 nitrogen and oxygen atoms in total. The van der Waals surface area contributed by atoms with Crippen LogP contribution in [0.2, 0.25) is 0 Å². The lowest BCUT2D eigenvalue weighted by molar-refractivity contribution is -0.147. The van der Waals surface area contributed by atoms with Crippen LogP contribution in [-0.4, -0.2) is 22.2 Å². The Morgan fingerprint density at radius 1 is 1.27 bits per heavy atom. The zero-order valence-corrected chi connectivity index (χ0v) is 8.82. The van der Waals surface area contributed by atoms with Crippen molar-refractivity contribution in [2.45, 2.75) is 39.0 Å². The Kier molecular flexibility index (Phi) is 3.88. The third-order valence-electron chi connectivity index (χ3n) is 2.89. The Morgan fingerprint density at radius 2 is 1.87 bits per heavy atom. The molecule has 0 aromatic rings. The maximum atomic E-state index is 11.0. The topological polar surface area (TPSA) is 74.6 Å². The second-order valence-electron chi connectivity index (χ2n) is 4.00. The van der Waals surface area contributed by atoms with Gasteiger partial charge in [-0.05, 0) is 32.6 Å². The van der Waals surface area contributed by atoms with E-state index >= 15 is 0 Å². The average molecular weight is 212 g/mol. The molecule has 0 aliphatic heterocycles. The molecule has 1 rings (SSSR count). The van der Waals surface area contributed by atoms with E-state index in [0.29, 0.717) is 0 Å². The van der Waals surface area contributed by atoms with Gasteiger partial charge in [0.2, 0.25) is 0 Å². The number of hydrogen-bond donors (Lipinski definition) is 2. The lowest BCUT2D eigenvalue weighted by Gasteiger charge is -2.22. The number of carboxylic acid groups (broad SMARTS) is 2. The van der Waals surface area contributed by atoms with Crippen LogP contribution in [0.25, 0.3) is 0 Å². The molecule has 1 aliphatic carbocycles. The van der Waals surface area contributed by atoms with Crippen LogP contribution in [0.1, 0.15) is 39.0 Å². The third kappa shape index (κ3) is 3.08. The highest BCUT2D eigenvalue weighted by molar-refractivity contribution is 5.80. The molecule has 1 aliphatic rings. The molecule has 0 spiro atoms. The van der Waals surface area contributed by atoms with Gasteiger partial charge in [0.25, 0.3) is 0 Å². The summed E-state index contributed by atoms with van der Waals surface area (Å²) in [5.74, 6) is -2.90. The van der Waals surface area contributed by atoms with Crippen molar-refractivity contribution in [3.63, 3.8) is 0 Å². The van der Waals surface area contributed by atoms with Gasteiger partial charge in [-0.15, -0.1) is 0 Å². The zero-order chi connectivity index (χ0) is 11.4. The summed E-state index contributed by atoms with van der Waals surface area (Å²) in [6.45, 7) is 1.91. The van der Waals surface area contributed by atoms with Crippen LogP contribution in [0.15, 0.2) is 11.1 Å². The van der Waals surface area contributed by atoms with Crippen molar-refractivity contribution in [1.82, 2.24) is 0 Å². The van der Waals surface area contributed by atoms with E-state index in [0.717, 1.165) is 36.8 Å². The number of carboxylic acids is 2. The van der Waals surface area contributed by atoms with Gasteiger partial charge in [0.05, 0.1) is 12.3 Å². The van der Waals surface area contributed by atoms with Crippen molar-refractivity contribution in [3.8, 4) is 0 Å². The molecule has 0 amide bonds. The van der Waals surface area contributed by atoms with Crippen LogP contribution in [0.3, 0.4) is 0 Å². The van der Waals surface area contributed by atoms with Crippen LogP contribution in [0.5, 0.6) is 0 Å². The van der Waals surface area contributed by atoms with Gasteiger partial charge in [-0.2, -0.15) is 0 Å². The van der Waals surface area contributed by atoms with E-state index in [9.17, 15) is 9.59 Å². The normalized spacial score (nSPS) is 18.7. The van der Waals surface area contributed by atoms with Crippen molar-refractivity contribution >= 4 is 11.9 Å². The SMILES string of the molecule is CC1=C(C(CC(=O)O)C(=O)O)CCCC1. The first-order chi connectivity index (χ1) is 7.02. The summed E-state index contributed by atoms with van der Waals surface area (Å²) in [7, 11) is 0. The van der Waals surface area contributed by atoms with Crippen molar-refractivity contribution in [2.75, 3.05) is 0 Å². The Morgan fingerprint density at radius 3 is 2.33 bits per heavy atom. The summed E-state index contributed by atoms with van der Waals surface area (Å²) in [5, 5.41) is 17.7. The molecule has 4 heteroatoms. The second-order valence-corrected chi connectivity index (χ2v) is 4.00. The Hall–Kier alpha value is -1.32. The molecular weight excluding hydrogens is 196 g/mol. The summed E-state index contributed by atoms with van der Waals surface area (Å²) in [5.41, 5.74) is 1.89. The fourth-order valence-electron chi connectivity index (χ4n) is 2.09. The highest BCUT2D eigenvalue weighted by Gasteiger charge is 2.27. The molecule has 0 bridgehead atoms. The monoisotopic (exact) mass is 212 g/mol. The van der Waals surface area contributed by atoms with E-state index in [1.54, 1.807) is 0 Å². The van der Waals surface area contributed by atoms with Gasteiger partial charge in [0.15, 0.2) is 0 Å². The van der Waals surface area contributed by atoms with E-state index < -0.39 is 17.9 Å². The van der Waals surface area contributed by atoms with Crippen LogP contribution >= 0.6 is 0 Å². The fourth-order valence-corrected chi connectivity index (χ4v) is 2.09. The third-order valence-corrected chi connectivity index (χ3v) is 2.89. The number of rotatable bonds is 4. The number of carbonyl (C=O) groups is 2. The maximum Gasteiger partial charge on any atom is 0.311 e. The molecule has 0 aromatic heterocycles. The summed E-state index contributed by atoms with van der Waals surface area (Å²) in [6, 6.07) is 0. The molecule has 0 radical (unpaired) electrons. The van der Waals surface area contributed by atoms with Gasteiger partial charge in [-0.3, -0.25) is 9.59 Å². The molecule has 0 fully saturated rings. The minimum absolute atomic E-state index is 0.304. The molecule has 15 heavy (non-hydrogen) atoms. The van der Waals surface area contributed by atoms with Crippen molar-refractivity contribution in [3.05, 3.63) is 11.1 Å². The van der Waals surface area contributed by atoms with Gasteiger partial charge in [0.1, 0.15) is 0 Å². The highest BCUT2D eigenvalue weighted by Crippen LogP contribution is 2.31. The van der Waals surface area contributed by atoms with Crippen molar-refractivity contribution < 1.29 is 19.8 Å². The van der Waals surface area contributed by atoms with Gasteiger partial charge < -0.3 is 10.2 Å². The van der Waals surface area contributed by atoms with E-state index in [1.165, 1.54) is 0 Å². The molecule has 0 saturated carbocycles. The van der Waals surface area contributed by atoms with Gasteiger partial charge in [-0.25, -0.2) is 0 Å². The van der Waals surface area contributed by atoms with Gasteiger partial charge in [0, 0.05) is 0 Å². The predicted octanol–water partition coefficient (Wildman–Crippen LogP) is 2.05. The summed E-state index contributed by atoms with van der Waals surface area (Å²) in [4.78, 5) is 21.6. The number of aliphatic carboxylic acids is 2. The lowest BCUT2D eigenvalue weighted by Crippen LogP contribution is -2.22. The van der Waals surface area contributed by atoms with Gasteiger partial charge >= 0.3 is 11.9 Å². The number of allylic oxidation sites excluding steroid dienone is 1. The average Bonchev–Trinajstić information content (AvgIpc) is 2.15. The first-order valence-electron chi connectivity index (χ1n) is 5.15. The van der Waals surface area contributed by atoms with Crippen LogP contribution in [0, 0.1) is 5.92 Å². The molecule has 84 valence electrons. The van der Waals surface area contributed by atoms with Gasteiger partial charge in [-0.1, -0.05) is 11.1 Å². The van der Waals surface area contributed by atoms with E-state index in [1.807, 2.05) is 6.92 Å². The molecular formula is C11H16O4. The smallest absolute Gasteiger partial charge is 0.311 e. The summed E-state index contributed by atoms with van der Waals surface area (Å²) >= 11 is 0. The molecule has 1 atom stereocenters. The molecule has 0 heterocycles. The van der Waals surface area contributed by atoms with Crippen LogP contribution in [-0.2, 0) is 9.59 Å². The van der Waals surface area contributed by atoms with E-state index in [4.69, 9.17) is 10.2 Å². The molecule has 0 aromatic carbocycles. The first-order valence-corrected chi connectivity index (χ1v) is 5.15. The zero-order valence-electron chi connectivity index (χ0n) is 8.82. The van der Waals surface area contributed by atoms with E-state index in [2.05, 4.69) is 0 Å². The Labute approximate surface area is 88.6 Å². The summed E-state index contributed by atoms with van der Waals surface area (Å²) < 4.78 is 0. The Balaban J connectivity index is 2.87. The lowest BCUT2D eigenvalue weighted by atomic mass is 9.83. The maximum absolute atomic E-state index is 11.0. The summed E-state index contributed by atoms with van der Waals surface area (Å²) in [6.07, 6.45) is 3.38.